The number of piperidine rings is 1. The minimum Gasteiger partial charge on any atom is -0.497 e. The predicted octanol–water partition coefficient (Wildman–Crippen LogP) is 4.11. The number of nitrogens with one attached hydrogen (secondary N) is 2. The molecule has 2 aliphatic heterocycles. The largest absolute Gasteiger partial charge is 0.497 e. The van der Waals surface area contributed by atoms with Gasteiger partial charge in [0.15, 0.2) is 11.5 Å². The maximum absolute atomic E-state index is 12.4. The molecule has 5 rings (SSSR count). The Hall–Kier alpha value is -3.19. The van der Waals surface area contributed by atoms with Crippen molar-refractivity contribution in [3.05, 3.63) is 48.2 Å². The van der Waals surface area contributed by atoms with Gasteiger partial charge in [-0.15, -0.1) is 0 Å². The topological polar surface area (TPSA) is 75.8 Å². The Morgan fingerprint density at radius 2 is 2.00 bits per heavy atom. The van der Waals surface area contributed by atoms with E-state index in [9.17, 15) is 4.79 Å². The molecule has 162 valence electrons. The molecular formula is C24H27N3O4. The third-order valence-electron chi connectivity index (χ3n) is 6.26. The maximum Gasteiger partial charge on any atom is 0.231 e. The smallest absolute Gasteiger partial charge is 0.231 e. The van der Waals surface area contributed by atoms with Crippen molar-refractivity contribution in [2.24, 2.45) is 0 Å². The number of rotatable bonds is 6. The second kappa shape index (κ2) is 8.51. The molecule has 0 bridgehead atoms. The summed E-state index contributed by atoms with van der Waals surface area (Å²) in [4.78, 5) is 18.2. The highest BCUT2D eigenvalue weighted by atomic mass is 16.7. The zero-order chi connectivity index (χ0) is 21.2. The van der Waals surface area contributed by atoms with Crippen LogP contribution in [0.25, 0.3) is 10.9 Å². The highest BCUT2D eigenvalue weighted by Gasteiger charge is 2.23. The molecule has 7 heteroatoms. The van der Waals surface area contributed by atoms with Crippen LogP contribution in [-0.4, -0.2) is 49.3 Å². The van der Waals surface area contributed by atoms with Crippen LogP contribution in [0.5, 0.6) is 17.2 Å². The Morgan fingerprint density at radius 1 is 1.16 bits per heavy atom. The normalized spacial score (nSPS) is 16.5. The lowest BCUT2D eigenvalue weighted by Crippen LogP contribution is -2.35. The molecule has 2 aliphatic rings. The van der Waals surface area contributed by atoms with Gasteiger partial charge in [-0.05, 0) is 67.7 Å². The SMILES string of the molecule is COc1ccc2[nH]cc(C3CCN(CCC(=O)Nc4ccc5c(c4)OCO5)CC3)c2c1. The quantitative estimate of drug-likeness (QED) is 0.626. The first-order chi connectivity index (χ1) is 15.2. The number of nitrogens with zero attached hydrogens (tertiary/aromatic N) is 1. The summed E-state index contributed by atoms with van der Waals surface area (Å²) in [6.45, 7) is 3.00. The summed E-state index contributed by atoms with van der Waals surface area (Å²) >= 11 is 0. The minimum atomic E-state index is 0.0183. The van der Waals surface area contributed by atoms with Crippen LogP contribution < -0.4 is 19.5 Å². The van der Waals surface area contributed by atoms with Crippen molar-refractivity contribution in [3.63, 3.8) is 0 Å². The number of benzene rings is 2. The minimum absolute atomic E-state index is 0.0183. The van der Waals surface area contributed by atoms with E-state index >= 15 is 0 Å². The summed E-state index contributed by atoms with van der Waals surface area (Å²) in [7, 11) is 1.70. The molecule has 1 saturated heterocycles. The molecule has 2 aromatic carbocycles. The number of likely N-dealkylation sites (tertiary alicyclic amines) is 1. The van der Waals surface area contributed by atoms with Crippen molar-refractivity contribution in [2.45, 2.75) is 25.2 Å². The maximum atomic E-state index is 12.4. The number of fused-ring (bicyclic) bond motifs is 2. The number of anilines is 1. The molecule has 7 nitrogen and oxygen atoms in total. The molecule has 0 unspecified atom stereocenters. The van der Waals surface area contributed by atoms with E-state index in [0.29, 0.717) is 18.1 Å². The van der Waals surface area contributed by atoms with Crippen molar-refractivity contribution in [1.82, 2.24) is 9.88 Å². The van der Waals surface area contributed by atoms with E-state index in [2.05, 4.69) is 33.5 Å². The van der Waals surface area contributed by atoms with Crippen molar-refractivity contribution >= 4 is 22.5 Å². The van der Waals surface area contributed by atoms with Gasteiger partial charge >= 0.3 is 0 Å². The van der Waals surface area contributed by atoms with Crippen LogP contribution in [-0.2, 0) is 4.79 Å². The number of aromatic amines is 1. The Labute approximate surface area is 181 Å². The number of ether oxygens (including phenoxy) is 3. The van der Waals surface area contributed by atoms with Crippen LogP contribution in [0.3, 0.4) is 0 Å². The highest BCUT2D eigenvalue weighted by molar-refractivity contribution is 5.91. The Bertz CT molecular complexity index is 1090. The van der Waals surface area contributed by atoms with Crippen molar-refractivity contribution in [3.8, 4) is 17.2 Å². The van der Waals surface area contributed by atoms with Crippen LogP contribution in [0, 0.1) is 0 Å². The lowest BCUT2D eigenvalue weighted by molar-refractivity contribution is -0.116. The number of hydrogen-bond donors (Lipinski definition) is 2. The van der Waals surface area contributed by atoms with E-state index in [0.717, 1.165) is 55.2 Å². The number of carbonyl (C=O) groups excluding carboxylic acids is 1. The van der Waals surface area contributed by atoms with E-state index in [4.69, 9.17) is 14.2 Å². The Morgan fingerprint density at radius 3 is 2.84 bits per heavy atom. The second-order valence-corrected chi connectivity index (χ2v) is 8.14. The van der Waals surface area contributed by atoms with E-state index in [1.807, 2.05) is 24.3 Å². The summed E-state index contributed by atoms with van der Waals surface area (Å²) in [5.41, 5.74) is 3.26. The van der Waals surface area contributed by atoms with E-state index in [-0.39, 0.29) is 12.7 Å². The van der Waals surface area contributed by atoms with Crippen LogP contribution >= 0.6 is 0 Å². The summed E-state index contributed by atoms with van der Waals surface area (Å²) < 4.78 is 16.1. The second-order valence-electron chi connectivity index (χ2n) is 8.14. The van der Waals surface area contributed by atoms with Crippen molar-refractivity contribution in [2.75, 3.05) is 38.9 Å². The number of methoxy groups -OCH3 is 1. The Kier molecular flexibility index (Phi) is 5.42. The van der Waals surface area contributed by atoms with Crippen molar-refractivity contribution in [1.29, 1.82) is 0 Å². The standard InChI is InChI=1S/C24H27N3O4/c1-29-18-3-4-21-19(13-18)20(14-25-21)16-6-9-27(10-7-16)11-8-24(28)26-17-2-5-22-23(12-17)31-15-30-22/h2-5,12-14,16,25H,6-11,15H2,1H3,(H,26,28). The predicted molar refractivity (Wildman–Crippen MR) is 119 cm³/mol. The lowest BCUT2D eigenvalue weighted by Gasteiger charge is -2.31. The van der Waals surface area contributed by atoms with Crippen LogP contribution in [0.4, 0.5) is 5.69 Å². The summed E-state index contributed by atoms with van der Waals surface area (Å²) in [5.74, 6) is 2.83. The molecule has 3 aromatic rings. The molecule has 0 saturated carbocycles. The first-order valence-electron chi connectivity index (χ1n) is 10.8. The van der Waals surface area contributed by atoms with Gasteiger partial charge in [0.25, 0.3) is 0 Å². The third-order valence-corrected chi connectivity index (χ3v) is 6.26. The molecule has 0 radical (unpaired) electrons. The fourth-order valence-corrected chi connectivity index (χ4v) is 4.51. The van der Waals surface area contributed by atoms with Crippen LogP contribution in [0.2, 0.25) is 0 Å². The number of hydrogen-bond acceptors (Lipinski definition) is 5. The van der Waals surface area contributed by atoms with Gasteiger partial charge in [0.05, 0.1) is 7.11 Å². The molecule has 31 heavy (non-hydrogen) atoms. The van der Waals surface area contributed by atoms with Gasteiger partial charge in [-0.3, -0.25) is 4.79 Å². The molecule has 3 heterocycles. The molecule has 0 aliphatic carbocycles. The van der Waals surface area contributed by atoms with Crippen LogP contribution in [0.15, 0.2) is 42.6 Å². The third kappa shape index (κ3) is 4.18. The zero-order valence-corrected chi connectivity index (χ0v) is 17.6. The number of amides is 1. The highest BCUT2D eigenvalue weighted by Crippen LogP contribution is 2.35. The summed E-state index contributed by atoms with van der Waals surface area (Å²) in [5, 5.41) is 4.21. The monoisotopic (exact) mass is 421 g/mol. The van der Waals surface area contributed by atoms with E-state index in [1.165, 1.54) is 10.9 Å². The van der Waals surface area contributed by atoms with Gasteiger partial charge in [-0.1, -0.05) is 0 Å². The van der Waals surface area contributed by atoms with Gasteiger partial charge in [0.1, 0.15) is 5.75 Å². The molecule has 0 spiro atoms. The number of aromatic nitrogens is 1. The van der Waals surface area contributed by atoms with Crippen LogP contribution in [0.1, 0.15) is 30.7 Å². The molecular weight excluding hydrogens is 394 g/mol. The molecule has 2 N–H and O–H groups in total. The fourth-order valence-electron chi connectivity index (χ4n) is 4.51. The van der Waals surface area contributed by atoms with Gasteiger partial charge in [0, 0.05) is 41.8 Å². The Balaban J connectivity index is 1.12. The first kappa shape index (κ1) is 19.8. The lowest BCUT2D eigenvalue weighted by atomic mass is 9.89. The number of carbonyl (C=O) groups is 1. The fraction of sp³-hybridized carbons (Fsp3) is 0.375. The molecule has 1 fully saturated rings. The molecule has 1 aromatic heterocycles. The summed E-state index contributed by atoms with van der Waals surface area (Å²) in [6.07, 6.45) is 4.80. The number of H-pyrrole nitrogens is 1. The van der Waals surface area contributed by atoms with Gasteiger partial charge < -0.3 is 29.4 Å². The van der Waals surface area contributed by atoms with Crippen molar-refractivity contribution < 1.29 is 19.0 Å². The average Bonchev–Trinajstić information content (AvgIpc) is 3.44. The zero-order valence-electron chi connectivity index (χ0n) is 17.6. The molecule has 1 amide bonds. The van der Waals surface area contributed by atoms with E-state index in [1.54, 1.807) is 7.11 Å². The first-order valence-corrected chi connectivity index (χ1v) is 10.8. The average molecular weight is 421 g/mol. The van der Waals surface area contributed by atoms with Gasteiger partial charge in [-0.2, -0.15) is 0 Å². The van der Waals surface area contributed by atoms with Gasteiger partial charge in [-0.25, -0.2) is 0 Å². The van der Waals surface area contributed by atoms with Gasteiger partial charge in [0.2, 0.25) is 12.7 Å². The van der Waals surface area contributed by atoms with E-state index < -0.39 is 0 Å². The summed E-state index contributed by atoms with van der Waals surface area (Å²) in [6, 6.07) is 11.7. The molecule has 0 atom stereocenters.